The fourth-order valence-electron chi connectivity index (χ4n) is 2.65. The highest BCUT2D eigenvalue weighted by molar-refractivity contribution is 6.04. The monoisotopic (exact) mass is 373 g/mol. The number of oxime groups is 1. The lowest BCUT2D eigenvalue weighted by Crippen LogP contribution is -2.08. The molecule has 0 bridgehead atoms. The summed E-state index contributed by atoms with van der Waals surface area (Å²) >= 11 is 0. The average Bonchev–Trinajstić information content (AvgIpc) is 2.94. The Bertz CT molecular complexity index is 929. The SMILES string of the molecule is CCOC(=O)c1[nH]c(C)c(C(C)=NOC(=O)c2cccc([N+](=O)[O-])c2)c1C. The molecule has 0 saturated heterocycles. The molecule has 1 N–H and O–H groups in total. The second-order valence-electron chi connectivity index (χ2n) is 5.71. The minimum atomic E-state index is -0.825. The van der Waals surface area contributed by atoms with E-state index >= 15 is 0 Å². The predicted octanol–water partition coefficient (Wildman–Crippen LogP) is 3.30. The first kappa shape index (κ1) is 19.8. The molecule has 0 atom stereocenters. The quantitative estimate of drug-likeness (QED) is 0.272. The molecule has 1 heterocycles. The Labute approximate surface area is 155 Å². The van der Waals surface area contributed by atoms with Crippen molar-refractivity contribution in [1.82, 2.24) is 4.98 Å². The van der Waals surface area contributed by atoms with E-state index in [4.69, 9.17) is 9.57 Å². The predicted molar refractivity (Wildman–Crippen MR) is 96.9 cm³/mol. The first-order chi connectivity index (χ1) is 12.8. The van der Waals surface area contributed by atoms with Crippen molar-refractivity contribution in [2.24, 2.45) is 5.16 Å². The minimum absolute atomic E-state index is 0.00970. The molecule has 142 valence electrons. The third-order valence-electron chi connectivity index (χ3n) is 3.84. The molecule has 0 unspecified atom stereocenters. The summed E-state index contributed by atoms with van der Waals surface area (Å²) in [5, 5.41) is 14.6. The number of benzene rings is 1. The molecule has 0 spiro atoms. The highest BCUT2D eigenvalue weighted by atomic mass is 16.7. The van der Waals surface area contributed by atoms with Crippen LogP contribution in [0.15, 0.2) is 29.4 Å². The van der Waals surface area contributed by atoms with E-state index < -0.39 is 16.9 Å². The molecule has 1 aromatic heterocycles. The van der Waals surface area contributed by atoms with Crippen molar-refractivity contribution < 1.29 is 24.1 Å². The summed E-state index contributed by atoms with van der Waals surface area (Å²) < 4.78 is 4.99. The summed E-state index contributed by atoms with van der Waals surface area (Å²) in [5.74, 6) is -1.31. The summed E-state index contributed by atoms with van der Waals surface area (Å²) in [6, 6.07) is 5.16. The maximum Gasteiger partial charge on any atom is 0.365 e. The first-order valence-corrected chi connectivity index (χ1v) is 8.13. The van der Waals surface area contributed by atoms with Crippen molar-refractivity contribution in [3.05, 3.63) is 62.5 Å². The van der Waals surface area contributed by atoms with Crippen LogP contribution in [0, 0.1) is 24.0 Å². The van der Waals surface area contributed by atoms with Gasteiger partial charge in [0.15, 0.2) is 0 Å². The number of nitro benzene ring substituents is 1. The van der Waals surface area contributed by atoms with Gasteiger partial charge in [-0.25, -0.2) is 9.59 Å². The Morgan fingerprint density at radius 3 is 2.59 bits per heavy atom. The van der Waals surface area contributed by atoms with Gasteiger partial charge in [0.2, 0.25) is 0 Å². The normalized spacial score (nSPS) is 11.2. The van der Waals surface area contributed by atoms with Gasteiger partial charge < -0.3 is 14.6 Å². The molecule has 9 heteroatoms. The molecule has 0 aliphatic carbocycles. The van der Waals surface area contributed by atoms with Crippen LogP contribution in [0.25, 0.3) is 0 Å². The number of aryl methyl sites for hydroxylation is 1. The smallest absolute Gasteiger partial charge is 0.365 e. The van der Waals surface area contributed by atoms with E-state index in [1.54, 1.807) is 27.7 Å². The van der Waals surface area contributed by atoms with Crippen molar-refractivity contribution >= 4 is 23.3 Å². The van der Waals surface area contributed by atoms with Crippen molar-refractivity contribution in [2.45, 2.75) is 27.7 Å². The summed E-state index contributed by atoms with van der Waals surface area (Å²) in [6.45, 7) is 7.07. The van der Waals surface area contributed by atoms with Gasteiger partial charge in [-0.15, -0.1) is 0 Å². The van der Waals surface area contributed by atoms with E-state index in [1.807, 2.05) is 0 Å². The maximum atomic E-state index is 12.1. The van der Waals surface area contributed by atoms with Gasteiger partial charge in [0.05, 0.1) is 22.8 Å². The number of hydrogen-bond donors (Lipinski definition) is 1. The van der Waals surface area contributed by atoms with E-state index in [2.05, 4.69) is 10.1 Å². The van der Waals surface area contributed by atoms with Crippen molar-refractivity contribution in [2.75, 3.05) is 6.61 Å². The number of H-pyrrole nitrogens is 1. The number of ether oxygens (including phenoxy) is 1. The number of aromatic amines is 1. The van der Waals surface area contributed by atoms with Crippen LogP contribution in [0.3, 0.4) is 0 Å². The highest BCUT2D eigenvalue weighted by Gasteiger charge is 2.20. The fraction of sp³-hybridized carbons (Fsp3) is 0.278. The van der Waals surface area contributed by atoms with E-state index in [1.165, 1.54) is 18.2 Å². The Hall–Kier alpha value is -3.49. The van der Waals surface area contributed by atoms with Crippen LogP contribution < -0.4 is 0 Å². The lowest BCUT2D eigenvalue weighted by Gasteiger charge is -2.03. The number of non-ortho nitro benzene ring substituents is 1. The molecule has 0 aliphatic rings. The first-order valence-electron chi connectivity index (χ1n) is 8.13. The van der Waals surface area contributed by atoms with Crippen molar-refractivity contribution in [3.8, 4) is 0 Å². The number of nitro groups is 1. The number of esters is 1. The molecule has 0 radical (unpaired) electrons. The van der Waals surface area contributed by atoms with E-state index in [0.717, 1.165) is 6.07 Å². The molecule has 0 saturated carbocycles. The molecule has 27 heavy (non-hydrogen) atoms. The van der Waals surface area contributed by atoms with Crippen LogP contribution in [0.5, 0.6) is 0 Å². The number of hydrogen-bond acceptors (Lipinski definition) is 7. The van der Waals surface area contributed by atoms with Gasteiger partial charge in [0.1, 0.15) is 5.69 Å². The molecule has 0 aliphatic heterocycles. The highest BCUT2D eigenvalue weighted by Crippen LogP contribution is 2.20. The maximum absolute atomic E-state index is 12.1. The molecular weight excluding hydrogens is 354 g/mol. The zero-order chi connectivity index (χ0) is 20.1. The Morgan fingerprint density at radius 2 is 1.96 bits per heavy atom. The van der Waals surface area contributed by atoms with Crippen LogP contribution in [0.4, 0.5) is 5.69 Å². The van der Waals surface area contributed by atoms with Crippen molar-refractivity contribution in [3.63, 3.8) is 0 Å². The largest absolute Gasteiger partial charge is 0.461 e. The lowest BCUT2D eigenvalue weighted by atomic mass is 10.1. The van der Waals surface area contributed by atoms with Crippen molar-refractivity contribution in [1.29, 1.82) is 0 Å². The number of carbonyl (C=O) groups is 2. The second kappa shape index (κ2) is 8.26. The van der Waals surface area contributed by atoms with Crippen LogP contribution in [0.1, 0.15) is 51.5 Å². The summed E-state index contributed by atoms with van der Waals surface area (Å²) in [7, 11) is 0. The Morgan fingerprint density at radius 1 is 1.26 bits per heavy atom. The molecule has 0 amide bonds. The zero-order valence-electron chi connectivity index (χ0n) is 15.4. The fourth-order valence-corrected chi connectivity index (χ4v) is 2.65. The van der Waals surface area contributed by atoms with Gasteiger partial charge in [-0.3, -0.25) is 10.1 Å². The van der Waals surface area contributed by atoms with Gasteiger partial charge in [-0.1, -0.05) is 11.2 Å². The molecule has 2 aromatic rings. The van der Waals surface area contributed by atoms with Gasteiger partial charge in [-0.2, -0.15) is 0 Å². The standard InChI is InChI=1S/C18H19N3O6/c1-5-26-18(23)16-10(2)15(11(3)19-16)12(4)20-27-17(22)13-7-6-8-14(9-13)21(24)25/h6-9,19H,5H2,1-4H3. The number of carbonyl (C=O) groups excluding carboxylic acids is 2. The van der Waals surface area contributed by atoms with Crippen LogP contribution in [-0.4, -0.2) is 34.2 Å². The summed E-state index contributed by atoms with van der Waals surface area (Å²) in [5.41, 5.74) is 2.39. The van der Waals surface area contributed by atoms with Crippen LogP contribution in [-0.2, 0) is 9.57 Å². The lowest BCUT2D eigenvalue weighted by molar-refractivity contribution is -0.384. The number of rotatable bonds is 6. The third kappa shape index (κ3) is 4.38. The molecule has 1 aromatic carbocycles. The summed E-state index contributed by atoms with van der Waals surface area (Å²) in [4.78, 5) is 42.1. The van der Waals surface area contributed by atoms with Crippen LogP contribution >= 0.6 is 0 Å². The van der Waals surface area contributed by atoms with Gasteiger partial charge in [0.25, 0.3) is 5.69 Å². The molecule has 2 rings (SSSR count). The minimum Gasteiger partial charge on any atom is -0.461 e. The Kier molecular flexibility index (Phi) is 6.07. The van der Waals surface area contributed by atoms with E-state index in [9.17, 15) is 19.7 Å². The molecule has 9 nitrogen and oxygen atoms in total. The molecular formula is C18H19N3O6. The van der Waals surface area contributed by atoms with Gasteiger partial charge >= 0.3 is 11.9 Å². The summed E-state index contributed by atoms with van der Waals surface area (Å²) in [6.07, 6.45) is 0. The number of nitrogens with zero attached hydrogens (tertiary/aromatic N) is 2. The third-order valence-corrected chi connectivity index (χ3v) is 3.84. The van der Waals surface area contributed by atoms with E-state index in [0.29, 0.717) is 28.2 Å². The zero-order valence-corrected chi connectivity index (χ0v) is 15.4. The van der Waals surface area contributed by atoms with Gasteiger partial charge in [-0.05, 0) is 39.3 Å². The Balaban J connectivity index is 2.23. The second-order valence-corrected chi connectivity index (χ2v) is 5.71. The van der Waals surface area contributed by atoms with E-state index in [-0.39, 0.29) is 17.9 Å². The number of nitrogens with one attached hydrogen (secondary N) is 1. The van der Waals surface area contributed by atoms with Gasteiger partial charge in [0, 0.05) is 23.4 Å². The molecule has 0 fully saturated rings. The topological polar surface area (TPSA) is 124 Å². The van der Waals surface area contributed by atoms with Crippen LogP contribution in [0.2, 0.25) is 0 Å². The average molecular weight is 373 g/mol. The number of aromatic nitrogens is 1.